The molecule has 0 unspecified atom stereocenters. The van der Waals surface area contributed by atoms with Crippen LogP contribution < -0.4 is 0 Å². The van der Waals surface area contributed by atoms with Gasteiger partial charge in [0.25, 0.3) is 0 Å². The van der Waals surface area contributed by atoms with Crippen LogP contribution in [0.2, 0.25) is 0 Å². The predicted molar refractivity (Wildman–Crippen MR) is 70.2 cm³/mol. The average Bonchev–Trinajstić information content (AvgIpc) is 2.52. The molecule has 0 saturated carbocycles. The molecule has 1 rings (SSSR count). The molecule has 1 aliphatic heterocycles. The third-order valence-corrected chi connectivity index (χ3v) is 1.86. The summed E-state index contributed by atoms with van der Waals surface area (Å²) in [5, 5.41) is 0. The molecular formula is C13H30FN. The maximum Gasteiger partial charge on any atom is 0.0785 e. The topological polar surface area (TPSA) is 3.24 Å². The molecule has 0 aromatic rings. The molecule has 15 heavy (non-hydrogen) atoms. The van der Waals surface area contributed by atoms with Gasteiger partial charge in [0.05, 0.1) is 7.18 Å². The van der Waals surface area contributed by atoms with Gasteiger partial charge in [0.2, 0.25) is 0 Å². The lowest BCUT2D eigenvalue weighted by molar-refractivity contribution is 0.372. The zero-order chi connectivity index (χ0) is 12.7. The number of hydrogen-bond acceptors (Lipinski definition) is 1. The maximum atomic E-state index is 9.50. The second-order valence-electron chi connectivity index (χ2n) is 2.92. The van der Waals surface area contributed by atoms with Crippen molar-refractivity contribution in [2.75, 3.05) is 27.3 Å². The summed E-state index contributed by atoms with van der Waals surface area (Å²) < 4.78 is 9.50. The van der Waals surface area contributed by atoms with E-state index in [2.05, 4.69) is 24.9 Å². The van der Waals surface area contributed by atoms with Crippen LogP contribution in [0.5, 0.6) is 0 Å². The fourth-order valence-electron chi connectivity index (χ4n) is 1.13. The minimum atomic E-state index is 0.500. The molecule has 0 fully saturated rings. The minimum Gasteiger partial charge on any atom is -0.303 e. The molecule has 0 aromatic carbocycles. The van der Waals surface area contributed by atoms with Crippen LogP contribution >= 0.6 is 0 Å². The molecule has 1 nitrogen and oxygen atoms in total. The zero-order valence-electron chi connectivity index (χ0n) is 11.7. The Morgan fingerprint density at radius 1 is 1.13 bits per heavy atom. The molecule has 0 amide bonds. The van der Waals surface area contributed by atoms with Crippen molar-refractivity contribution in [3.8, 4) is 0 Å². The van der Waals surface area contributed by atoms with Gasteiger partial charge in [-0.3, -0.25) is 4.39 Å². The summed E-state index contributed by atoms with van der Waals surface area (Å²) in [6.45, 7) is 12.6. The van der Waals surface area contributed by atoms with E-state index < -0.39 is 0 Å². The molecule has 0 saturated heterocycles. The monoisotopic (exact) mass is 219 g/mol. The zero-order valence-corrected chi connectivity index (χ0v) is 11.7. The molecule has 0 N–H and O–H groups in total. The van der Waals surface area contributed by atoms with E-state index in [0.29, 0.717) is 7.18 Å². The van der Waals surface area contributed by atoms with Gasteiger partial charge in [0.1, 0.15) is 0 Å². The summed E-state index contributed by atoms with van der Waals surface area (Å²) in [7, 11) is 2.68. The lowest BCUT2D eigenvalue weighted by Gasteiger charge is -2.09. The molecular weight excluding hydrogens is 189 g/mol. The van der Waals surface area contributed by atoms with Crippen LogP contribution in [-0.4, -0.2) is 32.2 Å². The summed E-state index contributed by atoms with van der Waals surface area (Å²) in [6, 6.07) is 0. The van der Waals surface area contributed by atoms with E-state index in [1.807, 2.05) is 27.7 Å². The lowest BCUT2D eigenvalue weighted by Crippen LogP contribution is -2.17. The number of alkyl halides is 1. The highest BCUT2D eigenvalue weighted by Gasteiger charge is 2.00. The van der Waals surface area contributed by atoms with Crippen LogP contribution in [0, 0.1) is 0 Å². The van der Waals surface area contributed by atoms with Crippen molar-refractivity contribution in [2.45, 2.75) is 47.5 Å². The predicted octanol–water partition coefficient (Wildman–Crippen LogP) is 4.30. The molecule has 0 aliphatic carbocycles. The molecule has 1 aliphatic rings. The molecule has 0 aromatic heterocycles. The van der Waals surface area contributed by atoms with Crippen LogP contribution in [0.15, 0.2) is 11.6 Å². The summed E-state index contributed by atoms with van der Waals surface area (Å²) >= 11 is 0. The normalized spacial score (nSPS) is 15.1. The van der Waals surface area contributed by atoms with Gasteiger partial charge in [-0.2, -0.15) is 0 Å². The van der Waals surface area contributed by atoms with Crippen molar-refractivity contribution in [2.24, 2.45) is 0 Å². The standard InChI is InChI=1S/C8H15N.2C2H6.CH3F/c1-8-4-3-6-9(2)7-5-8;3*1-2/h5H,3-4,6-7H2,1-2H3;2*1-2H3;1H3. The third-order valence-electron chi connectivity index (χ3n) is 1.86. The van der Waals surface area contributed by atoms with Crippen molar-refractivity contribution < 1.29 is 4.39 Å². The van der Waals surface area contributed by atoms with Crippen molar-refractivity contribution >= 4 is 0 Å². The van der Waals surface area contributed by atoms with Gasteiger partial charge in [-0.1, -0.05) is 39.3 Å². The number of rotatable bonds is 0. The molecule has 0 spiro atoms. The summed E-state index contributed by atoms with van der Waals surface area (Å²) in [5.74, 6) is 0. The van der Waals surface area contributed by atoms with Crippen molar-refractivity contribution in [3.05, 3.63) is 11.6 Å². The van der Waals surface area contributed by atoms with Gasteiger partial charge in [-0.15, -0.1) is 0 Å². The Labute approximate surface area is 96.4 Å². The van der Waals surface area contributed by atoms with Crippen molar-refractivity contribution in [1.82, 2.24) is 4.90 Å². The fraction of sp³-hybridized carbons (Fsp3) is 0.846. The van der Waals surface area contributed by atoms with Gasteiger partial charge in [0, 0.05) is 6.54 Å². The molecule has 0 radical (unpaired) electrons. The number of likely N-dealkylation sites (N-methyl/N-ethyl adjacent to an activating group) is 1. The third kappa shape index (κ3) is 16.3. The fourth-order valence-corrected chi connectivity index (χ4v) is 1.13. The van der Waals surface area contributed by atoms with E-state index in [0.717, 1.165) is 6.54 Å². The molecule has 1 heterocycles. The highest BCUT2D eigenvalue weighted by atomic mass is 19.1. The Balaban J connectivity index is -0.000000208. The van der Waals surface area contributed by atoms with Gasteiger partial charge >= 0.3 is 0 Å². The van der Waals surface area contributed by atoms with Gasteiger partial charge < -0.3 is 4.90 Å². The first-order chi connectivity index (χ1) is 7.29. The maximum absolute atomic E-state index is 9.50. The molecule has 0 bridgehead atoms. The van der Waals surface area contributed by atoms with E-state index in [4.69, 9.17) is 0 Å². The van der Waals surface area contributed by atoms with Crippen LogP contribution in [-0.2, 0) is 0 Å². The second kappa shape index (κ2) is 19.2. The van der Waals surface area contributed by atoms with Gasteiger partial charge in [-0.25, -0.2) is 0 Å². The smallest absolute Gasteiger partial charge is 0.0785 e. The van der Waals surface area contributed by atoms with E-state index in [1.54, 1.807) is 5.57 Å². The molecule has 94 valence electrons. The van der Waals surface area contributed by atoms with Gasteiger partial charge in [-0.05, 0) is 33.4 Å². The van der Waals surface area contributed by atoms with Crippen molar-refractivity contribution in [3.63, 3.8) is 0 Å². The second-order valence-corrected chi connectivity index (χ2v) is 2.92. The molecule has 2 heteroatoms. The first kappa shape index (κ1) is 20.1. The van der Waals surface area contributed by atoms with E-state index >= 15 is 0 Å². The van der Waals surface area contributed by atoms with Crippen LogP contribution in [0.1, 0.15) is 47.5 Å². The first-order valence-electron chi connectivity index (χ1n) is 6.01. The van der Waals surface area contributed by atoms with E-state index in [-0.39, 0.29) is 0 Å². The van der Waals surface area contributed by atoms with Crippen LogP contribution in [0.4, 0.5) is 4.39 Å². The Bertz CT molecular complexity index is 122. The Morgan fingerprint density at radius 3 is 2.07 bits per heavy atom. The number of allylic oxidation sites excluding steroid dienone is 1. The van der Waals surface area contributed by atoms with E-state index in [9.17, 15) is 4.39 Å². The SMILES string of the molecule is CC.CC.CC1=CCN(C)CCC1.CF. The van der Waals surface area contributed by atoms with Crippen molar-refractivity contribution in [1.29, 1.82) is 0 Å². The average molecular weight is 219 g/mol. The van der Waals surface area contributed by atoms with Crippen LogP contribution in [0.3, 0.4) is 0 Å². The highest BCUT2D eigenvalue weighted by molar-refractivity contribution is 5.00. The minimum absolute atomic E-state index is 0.500. The highest BCUT2D eigenvalue weighted by Crippen LogP contribution is 2.08. The summed E-state index contributed by atoms with van der Waals surface area (Å²) in [6.07, 6.45) is 4.95. The van der Waals surface area contributed by atoms with E-state index in [1.165, 1.54) is 19.4 Å². The lowest BCUT2D eigenvalue weighted by atomic mass is 10.2. The Hall–Kier alpha value is -0.370. The summed E-state index contributed by atoms with van der Waals surface area (Å²) in [5.41, 5.74) is 1.55. The molecule has 0 atom stereocenters. The van der Waals surface area contributed by atoms with Gasteiger partial charge in [0.15, 0.2) is 0 Å². The summed E-state index contributed by atoms with van der Waals surface area (Å²) in [4.78, 5) is 2.36. The number of hydrogen-bond donors (Lipinski definition) is 0. The Morgan fingerprint density at radius 2 is 1.60 bits per heavy atom. The first-order valence-corrected chi connectivity index (χ1v) is 6.01. The number of nitrogens with zero attached hydrogens (tertiary/aromatic N) is 1. The largest absolute Gasteiger partial charge is 0.303 e. The Kier molecular flexibility index (Phi) is 25.8. The number of halogens is 1. The van der Waals surface area contributed by atoms with Crippen LogP contribution in [0.25, 0.3) is 0 Å². The quantitative estimate of drug-likeness (QED) is 0.549.